The van der Waals surface area contributed by atoms with E-state index < -0.39 is 0 Å². The standard InChI is InChI=1S/C28H33N7O3/c1-4-9-22-24-25(34(3)33-22)27(36)32-26(31-24)21-18-20(12-13-23(21)38-5-2)30-28(35-14-16-37-17-15-35)29-19-10-7-6-8-11-19/h6-8,10-13,18H,4-5,9,14-17H2,1-3H3,(H,29,30)(H,31,32,36). The van der Waals surface area contributed by atoms with E-state index in [-0.39, 0.29) is 5.56 Å². The SMILES string of the molecule is CCCc1nn(C)c2c(=O)[nH]c(-c3cc(NC(=Nc4ccccc4)N4CCOCC4)ccc3OCC)nc12. The first-order chi connectivity index (χ1) is 18.6. The molecule has 5 rings (SSSR count). The third kappa shape index (κ3) is 5.40. The predicted molar refractivity (Wildman–Crippen MR) is 149 cm³/mol. The fourth-order valence-corrected chi connectivity index (χ4v) is 4.56. The number of rotatable bonds is 7. The van der Waals surface area contributed by atoms with Gasteiger partial charge in [0.05, 0.1) is 36.8 Å². The second-order valence-corrected chi connectivity index (χ2v) is 9.07. The van der Waals surface area contributed by atoms with Gasteiger partial charge in [-0.05, 0) is 43.7 Å². The summed E-state index contributed by atoms with van der Waals surface area (Å²) in [4.78, 5) is 28.0. The van der Waals surface area contributed by atoms with Gasteiger partial charge in [-0.25, -0.2) is 9.98 Å². The van der Waals surface area contributed by atoms with Gasteiger partial charge in [0.25, 0.3) is 5.56 Å². The highest BCUT2D eigenvalue weighted by atomic mass is 16.5. The van der Waals surface area contributed by atoms with Gasteiger partial charge in [-0.1, -0.05) is 31.5 Å². The summed E-state index contributed by atoms with van der Waals surface area (Å²) in [7, 11) is 1.77. The molecule has 3 heterocycles. The van der Waals surface area contributed by atoms with Crippen LogP contribution in [0, 0.1) is 0 Å². The smallest absolute Gasteiger partial charge is 0.277 e. The third-order valence-corrected chi connectivity index (χ3v) is 6.34. The highest BCUT2D eigenvalue weighted by Crippen LogP contribution is 2.32. The molecule has 0 radical (unpaired) electrons. The van der Waals surface area contributed by atoms with Crippen molar-refractivity contribution in [1.82, 2.24) is 24.6 Å². The van der Waals surface area contributed by atoms with Crippen LogP contribution in [0.25, 0.3) is 22.4 Å². The van der Waals surface area contributed by atoms with Crippen LogP contribution in [-0.4, -0.2) is 63.5 Å². The topological polar surface area (TPSA) is 110 Å². The molecule has 0 unspecified atom stereocenters. The van der Waals surface area contributed by atoms with Gasteiger partial charge < -0.3 is 24.7 Å². The zero-order chi connectivity index (χ0) is 26.5. The number of nitrogens with one attached hydrogen (secondary N) is 2. The number of hydrogen-bond donors (Lipinski definition) is 2. The average Bonchev–Trinajstić information content (AvgIpc) is 3.26. The van der Waals surface area contributed by atoms with Crippen molar-refractivity contribution in [3.8, 4) is 17.1 Å². The second-order valence-electron chi connectivity index (χ2n) is 9.07. The Morgan fingerprint density at radius 2 is 1.95 bits per heavy atom. The van der Waals surface area contributed by atoms with Gasteiger partial charge in [0, 0.05) is 25.8 Å². The van der Waals surface area contributed by atoms with Gasteiger partial charge >= 0.3 is 0 Å². The lowest BCUT2D eigenvalue weighted by Crippen LogP contribution is -2.44. The molecule has 0 bridgehead atoms. The van der Waals surface area contributed by atoms with Gasteiger partial charge in [0.1, 0.15) is 17.1 Å². The molecule has 1 fully saturated rings. The van der Waals surface area contributed by atoms with Gasteiger partial charge in [0.15, 0.2) is 5.52 Å². The summed E-state index contributed by atoms with van der Waals surface area (Å²) < 4.78 is 13.1. The molecule has 0 atom stereocenters. The van der Waals surface area contributed by atoms with Crippen LogP contribution in [0.1, 0.15) is 26.0 Å². The number of anilines is 1. The van der Waals surface area contributed by atoms with Crippen molar-refractivity contribution in [2.45, 2.75) is 26.7 Å². The summed E-state index contributed by atoms with van der Waals surface area (Å²) in [6.07, 6.45) is 1.65. The van der Waals surface area contributed by atoms with E-state index in [0.717, 1.165) is 49.0 Å². The molecule has 1 saturated heterocycles. The highest BCUT2D eigenvalue weighted by molar-refractivity contribution is 5.96. The van der Waals surface area contributed by atoms with E-state index in [1.165, 1.54) is 0 Å². The minimum Gasteiger partial charge on any atom is -0.493 e. The lowest BCUT2D eigenvalue weighted by Gasteiger charge is -2.30. The van der Waals surface area contributed by atoms with Crippen LogP contribution < -0.4 is 15.6 Å². The lowest BCUT2D eigenvalue weighted by atomic mass is 10.1. The molecule has 2 aromatic heterocycles. The number of aromatic nitrogens is 4. The zero-order valence-electron chi connectivity index (χ0n) is 22.0. The summed E-state index contributed by atoms with van der Waals surface area (Å²) in [5.74, 6) is 1.80. The first-order valence-corrected chi connectivity index (χ1v) is 13.0. The van der Waals surface area contributed by atoms with Crippen molar-refractivity contribution in [3.63, 3.8) is 0 Å². The van der Waals surface area contributed by atoms with Crippen molar-refractivity contribution < 1.29 is 9.47 Å². The number of hydrogen-bond acceptors (Lipinski definition) is 6. The molecule has 2 aromatic carbocycles. The van der Waals surface area contributed by atoms with Crippen molar-refractivity contribution in [1.29, 1.82) is 0 Å². The fourth-order valence-electron chi connectivity index (χ4n) is 4.56. The quantitative estimate of drug-likeness (QED) is 0.282. The van der Waals surface area contributed by atoms with Gasteiger partial charge in [0.2, 0.25) is 5.96 Å². The van der Waals surface area contributed by atoms with Crippen LogP contribution >= 0.6 is 0 Å². The van der Waals surface area contributed by atoms with Crippen molar-refractivity contribution in [3.05, 3.63) is 64.6 Å². The van der Waals surface area contributed by atoms with E-state index in [1.807, 2.05) is 55.5 Å². The number of morpholine rings is 1. The van der Waals surface area contributed by atoms with Gasteiger partial charge in [-0.2, -0.15) is 5.10 Å². The van der Waals surface area contributed by atoms with Crippen LogP contribution in [0.5, 0.6) is 5.75 Å². The van der Waals surface area contributed by atoms with Crippen LogP contribution in [0.2, 0.25) is 0 Å². The number of H-pyrrole nitrogens is 1. The molecule has 198 valence electrons. The van der Waals surface area contributed by atoms with Gasteiger partial charge in [-0.15, -0.1) is 0 Å². The monoisotopic (exact) mass is 515 g/mol. The van der Waals surface area contributed by atoms with Crippen LogP contribution in [0.15, 0.2) is 58.3 Å². The van der Waals surface area contributed by atoms with E-state index in [9.17, 15) is 4.79 Å². The van der Waals surface area contributed by atoms with E-state index in [0.29, 0.717) is 48.0 Å². The Bertz CT molecular complexity index is 1490. The summed E-state index contributed by atoms with van der Waals surface area (Å²) in [5.41, 5.74) is 4.00. The van der Waals surface area contributed by atoms with E-state index in [1.54, 1.807) is 11.7 Å². The summed E-state index contributed by atoms with van der Waals surface area (Å²) in [5, 5.41) is 8.03. The van der Waals surface area contributed by atoms with Crippen LogP contribution in [-0.2, 0) is 18.2 Å². The number of benzene rings is 2. The number of aromatic amines is 1. The second kappa shape index (κ2) is 11.5. The average molecular weight is 516 g/mol. The lowest BCUT2D eigenvalue weighted by molar-refractivity contribution is 0.0680. The van der Waals surface area contributed by atoms with E-state index in [2.05, 4.69) is 27.2 Å². The molecule has 2 N–H and O–H groups in total. The molecule has 0 amide bonds. The first kappa shape index (κ1) is 25.5. The molecule has 10 heteroatoms. The number of ether oxygens (including phenoxy) is 2. The Morgan fingerprint density at radius 3 is 2.68 bits per heavy atom. The maximum atomic E-state index is 13.1. The molecular formula is C28H33N7O3. The maximum absolute atomic E-state index is 13.1. The molecule has 4 aromatic rings. The van der Waals surface area contributed by atoms with Crippen LogP contribution in [0.4, 0.5) is 11.4 Å². The normalized spacial score (nSPS) is 14.2. The highest BCUT2D eigenvalue weighted by Gasteiger charge is 2.20. The minimum absolute atomic E-state index is 0.234. The van der Waals surface area contributed by atoms with E-state index in [4.69, 9.17) is 19.5 Å². The zero-order valence-corrected chi connectivity index (χ0v) is 22.0. The number of nitrogens with zero attached hydrogens (tertiary/aromatic N) is 5. The summed E-state index contributed by atoms with van der Waals surface area (Å²) >= 11 is 0. The van der Waals surface area contributed by atoms with Crippen molar-refractivity contribution in [2.24, 2.45) is 12.0 Å². The Hall–Kier alpha value is -4.18. The van der Waals surface area contributed by atoms with Crippen molar-refractivity contribution >= 4 is 28.4 Å². The fraction of sp³-hybridized carbons (Fsp3) is 0.357. The Morgan fingerprint density at radius 1 is 1.16 bits per heavy atom. The Balaban J connectivity index is 1.57. The molecule has 10 nitrogen and oxygen atoms in total. The molecule has 0 aliphatic carbocycles. The molecule has 1 aliphatic rings. The largest absolute Gasteiger partial charge is 0.493 e. The maximum Gasteiger partial charge on any atom is 0.277 e. The Kier molecular flexibility index (Phi) is 7.69. The molecule has 38 heavy (non-hydrogen) atoms. The molecular weight excluding hydrogens is 482 g/mol. The van der Waals surface area contributed by atoms with Crippen LogP contribution in [0.3, 0.4) is 0 Å². The predicted octanol–water partition coefficient (Wildman–Crippen LogP) is 4.11. The number of aliphatic imine (C=N–C) groups is 1. The van der Waals surface area contributed by atoms with Gasteiger partial charge in [-0.3, -0.25) is 9.48 Å². The number of aryl methyl sites for hydroxylation is 2. The van der Waals surface area contributed by atoms with E-state index >= 15 is 0 Å². The number of para-hydroxylation sites is 1. The van der Waals surface area contributed by atoms with Crippen molar-refractivity contribution in [2.75, 3.05) is 38.2 Å². The first-order valence-electron chi connectivity index (χ1n) is 13.0. The molecule has 0 saturated carbocycles. The minimum atomic E-state index is -0.234. The molecule has 0 spiro atoms. The number of fused-ring (bicyclic) bond motifs is 1. The number of guanidine groups is 1. The summed E-state index contributed by atoms with van der Waals surface area (Å²) in [6.45, 7) is 7.24. The Labute approximate surface area is 221 Å². The summed E-state index contributed by atoms with van der Waals surface area (Å²) in [6, 6.07) is 15.6. The molecule has 1 aliphatic heterocycles. The third-order valence-electron chi connectivity index (χ3n) is 6.34.